The second-order valence-corrected chi connectivity index (χ2v) is 5.34. The van der Waals surface area contributed by atoms with Crippen LogP contribution in [0.1, 0.15) is 18.9 Å². The second kappa shape index (κ2) is 7.54. The first-order chi connectivity index (χ1) is 9.30. The number of carbonyl (C=O) groups is 1. The molecule has 0 amide bonds. The van der Waals surface area contributed by atoms with Crippen molar-refractivity contribution in [1.29, 1.82) is 0 Å². The molecule has 0 aliphatic rings. The Morgan fingerprint density at radius 2 is 1.90 bits per heavy atom. The van der Waals surface area contributed by atoms with Gasteiger partial charge in [0.15, 0.2) is 0 Å². The zero-order valence-corrected chi connectivity index (χ0v) is 11.8. The number of benzene rings is 1. The van der Waals surface area contributed by atoms with E-state index in [9.17, 15) is 18.0 Å². The summed E-state index contributed by atoms with van der Waals surface area (Å²) in [4.78, 5) is 12.6. The van der Waals surface area contributed by atoms with Crippen molar-refractivity contribution >= 4 is 17.7 Å². The summed E-state index contributed by atoms with van der Waals surface area (Å²) in [5.41, 5.74) is -3.41. The smallest absolute Gasteiger partial charge is 0.446 e. The van der Waals surface area contributed by atoms with E-state index in [2.05, 4.69) is 0 Å². The normalized spacial score (nSPS) is 11.8. The third-order valence-corrected chi connectivity index (χ3v) is 3.39. The molecule has 20 heavy (non-hydrogen) atoms. The number of alkyl halides is 3. The summed E-state index contributed by atoms with van der Waals surface area (Å²) in [5.74, 6) is -0.861. The molecule has 0 aliphatic carbocycles. The molecule has 0 spiro atoms. The summed E-state index contributed by atoms with van der Waals surface area (Å²) in [6, 6.07) is 6.13. The summed E-state index contributed by atoms with van der Waals surface area (Å²) in [7, 11) is 0. The van der Waals surface area contributed by atoms with E-state index >= 15 is 0 Å². The Morgan fingerprint density at radius 1 is 1.30 bits per heavy atom. The molecule has 0 heterocycles. The van der Waals surface area contributed by atoms with Crippen molar-refractivity contribution in [2.75, 3.05) is 13.1 Å². The van der Waals surface area contributed by atoms with Crippen molar-refractivity contribution in [3.63, 3.8) is 0 Å². The molecule has 3 nitrogen and oxygen atoms in total. The van der Waals surface area contributed by atoms with E-state index in [1.54, 1.807) is 12.1 Å². The highest BCUT2D eigenvalue weighted by Crippen LogP contribution is 2.36. The molecule has 0 saturated heterocycles. The maximum absolute atomic E-state index is 12.2. The van der Waals surface area contributed by atoms with Gasteiger partial charge < -0.3 is 5.11 Å². The summed E-state index contributed by atoms with van der Waals surface area (Å²) in [6.45, 7) is 3.55. The van der Waals surface area contributed by atoms with E-state index in [0.29, 0.717) is 19.6 Å². The molecule has 0 aliphatic heterocycles. The lowest BCUT2D eigenvalue weighted by Gasteiger charge is -2.19. The number of thioether (sulfide) groups is 1. The van der Waals surface area contributed by atoms with Crippen LogP contribution in [0.2, 0.25) is 0 Å². The summed E-state index contributed by atoms with van der Waals surface area (Å²) < 4.78 is 36.5. The molecule has 112 valence electrons. The second-order valence-electron chi connectivity index (χ2n) is 4.20. The Bertz CT molecular complexity index is 434. The van der Waals surface area contributed by atoms with Gasteiger partial charge in [-0.25, -0.2) is 0 Å². The van der Waals surface area contributed by atoms with Crippen molar-refractivity contribution in [1.82, 2.24) is 4.90 Å². The average Bonchev–Trinajstić information content (AvgIpc) is 2.34. The van der Waals surface area contributed by atoms with Crippen LogP contribution in [0.15, 0.2) is 29.2 Å². The number of hydrogen-bond donors (Lipinski definition) is 1. The SMILES string of the molecule is CCN(CCC(=O)O)Cc1ccc(SC(F)(F)F)cc1. The van der Waals surface area contributed by atoms with Crippen LogP contribution < -0.4 is 0 Å². The fourth-order valence-electron chi connectivity index (χ4n) is 1.66. The molecule has 0 bridgehead atoms. The van der Waals surface area contributed by atoms with E-state index in [1.807, 2.05) is 11.8 Å². The summed E-state index contributed by atoms with van der Waals surface area (Å²) in [6.07, 6.45) is 0.0514. The average molecular weight is 307 g/mol. The fraction of sp³-hybridized carbons (Fsp3) is 0.462. The Morgan fingerprint density at radius 3 is 2.35 bits per heavy atom. The first-order valence-corrected chi connectivity index (χ1v) is 6.90. The van der Waals surface area contributed by atoms with Crippen LogP contribution in [0.4, 0.5) is 13.2 Å². The van der Waals surface area contributed by atoms with Crippen molar-refractivity contribution in [2.45, 2.75) is 30.3 Å². The monoisotopic (exact) mass is 307 g/mol. The van der Waals surface area contributed by atoms with Crippen LogP contribution in [0.5, 0.6) is 0 Å². The molecule has 1 rings (SSSR count). The molecule has 1 aromatic rings. The van der Waals surface area contributed by atoms with E-state index in [4.69, 9.17) is 5.11 Å². The van der Waals surface area contributed by atoms with E-state index < -0.39 is 11.5 Å². The molecule has 0 saturated carbocycles. The van der Waals surface area contributed by atoms with Crippen LogP contribution >= 0.6 is 11.8 Å². The lowest BCUT2D eigenvalue weighted by Crippen LogP contribution is -2.25. The quantitative estimate of drug-likeness (QED) is 0.782. The van der Waals surface area contributed by atoms with Crippen LogP contribution in [-0.4, -0.2) is 34.6 Å². The Kier molecular flexibility index (Phi) is 6.35. The largest absolute Gasteiger partial charge is 0.481 e. The first-order valence-electron chi connectivity index (χ1n) is 6.09. The third kappa shape index (κ3) is 6.81. The molecule has 7 heteroatoms. The van der Waals surface area contributed by atoms with Crippen molar-refractivity contribution in [2.24, 2.45) is 0 Å². The minimum Gasteiger partial charge on any atom is -0.481 e. The van der Waals surface area contributed by atoms with Crippen LogP contribution in [0, 0.1) is 0 Å². The first kappa shape index (κ1) is 16.8. The van der Waals surface area contributed by atoms with Crippen LogP contribution in [0.25, 0.3) is 0 Å². The summed E-state index contributed by atoms with van der Waals surface area (Å²) >= 11 is -0.143. The number of carboxylic acids is 1. The van der Waals surface area contributed by atoms with Gasteiger partial charge in [0.2, 0.25) is 0 Å². The Hall–Kier alpha value is -1.21. The lowest BCUT2D eigenvalue weighted by molar-refractivity contribution is -0.137. The van der Waals surface area contributed by atoms with Crippen LogP contribution in [0.3, 0.4) is 0 Å². The molecule has 0 aromatic heterocycles. The number of rotatable bonds is 7. The van der Waals surface area contributed by atoms with Gasteiger partial charge in [-0.1, -0.05) is 19.1 Å². The maximum atomic E-state index is 12.2. The molecule has 1 N–H and O–H groups in total. The van der Waals surface area contributed by atoms with E-state index in [1.165, 1.54) is 12.1 Å². The number of halogens is 3. The predicted molar refractivity (Wildman–Crippen MR) is 71.6 cm³/mol. The molecular weight excluding hydrogens is 291 g/mol. The number of carboxylic acid groups (broad SMARTS) is 1. The predicted octanol–water partition coefficient (Wildman–Crippen LogP) is 3.60. The van der Waals surface area contributed by atoms with E-state index in [-0.39, 0.29) is 23.1 Å². The van der Waals surface area contributed by atoms with Gasteiger partial charge in [0.1, 0.15) is 0 Å². The lowest BCUT2D eigenvalue weighted by atomic mass is 10.2. The van der Waals surface area contributed by atoms with Gasteiger partial charge in [0.25, 0.3) is 0 Å². The zero-order valence-electron chi connectivity index (χ0n) is 11.0. The zero-order chi connectivity index (χ0) is 15.2. The molecule has 0 radical (unpaired) electrons. The van der Waals surface area contributed by atoms with Gasteiger partial charge in [0.05, 0.1) is 6.42 Å². The highest BCUT2D eigenvalue weighted by Gasteiger charge is 2.28. The Labute approximate surface area is 119 Å². The van der Waals surface area contributed by atoms with Crippen molar-refractivity contribution < 1.29 is 23.1 Å². The minimum absolute atomic E-state index is 0.0514. The minimum atomic E-state index is -4.28. The van der Waals surface area contributed by atoms with Crippen molar-refractivity contribution in [3.8, 4) is 0 Å². The van der Waals surface area contributed by atoms with E-state index in [0.717, 1.165) is 5.56 Å². The Balaban J connectivity index is 2.57. The van der Waals surface area contributed by atoms with Crippen molar-refractivity contribution in [3.05, 3.63) is 29.8 Å². The number of hydrogen-bond acceptors (Lipinski definition) is 3. The van der Waals surface area contributed by atoms with Gasteiger partial charge in [-0.2, -0.15) is 13.2 Å². The van der Waals surface area contributed by atoms with Gasteiger partial charge in [-0.15, -0.1) is 0 Å². The molecule has 1 aromatic carbocycles. The molecule has 0 atom stereocenters. The fourth-order valence-corrected chi connectivity index (χ4v) is 2.20. The molecule has 0 fully saturated rings. The van der Waals surface area contributed by atoms with Gasteiger partial charge in [-0.3, -0.25) is 9.69 Å². The highest BCUT2D eigenvalue weighted by molar-refractivity contribution is 8.00. The maximum Gasteiger partial charge on any atom is 0.446 e. The van der Waals surface area contributed by atoms with Gasteiger partial charge in [0, 0.05) is 18.0 Å². The summed E-state index contributed by atoms with van der Waals surface area (Å²) in [5, 5.41) is 8.63. The third-order valence-electron chi connectivity index (χ3n) is 2.65. The van der Waals surface area contributed by atoms with Gasteiger partial charge in [-0.05, 0) is 36.0 Å². The van der Waals surface area contributed by atoms with Gasteiger partial charge >= 0.3 is 11.5 Å². The standard InChI is InChI=1S/C13H16F3NO2S/c1-2-17(8-7-12(18)19)9-10-3-5-11(6-4-10)20-13(14,15)16/h3-6H,2,7-9H2,1H3,(H,18,19). The number of nitrogens with zero attached hydrogens (tertiary/aromatic N) is 1. The topological polar surface area (TPSA) is 40.5 Å². The molecular formula is C13H16F3NO2S. The van der Waals surface area contributed by atoms with Crippen LogP contribution in [-0.2, 0) is 11.3 Å². The molecule has 0 unspecified atom stereocenters. The highest BCUT2D eigenvalue weighted by atomic mass is 32.2. The number of aliphatic carboxylic acids is 1.